The third kappa shape index (κ3) is 3.13. The van der Waals surface area contributed by atoms with E-state index in [1.54, 1.807) is 18.3 Å². The van der Waals surface area contributed by atoms with E-state index in [4.69, 9.17) is 4.74 Å². The first kappa shape index (κ1) is 13.6. The monoisotopic (exact) mass is 326 g/mol. The highest BCUT2D eigenvalue weighted by Gasteiger charge is 2.10. The van der Waals surface area contributed by atoms with E-state index in [1.165, 1.54) is 0 Å². The maximum absolute atomic E-state index is 9.75. The van der Waals surface area contributed by atoms with Gasteiger partial charge < -0.3 is 9.84 Å². The van der Waals surface area contributed by atoms with Gasteiger partial charge in [0.05, 0.1) is 11.0 Å². The van der Waals surface area contributed by atoms with Crippen molar-refractivity contribution in [2.24, 2.45) is 0 Å². The maximum Gasteiger partial charge on any atom is 0.125 e. The van der Waals surface area contributed by atoms with Crippen LogP contribution < -0.4 is 4.74 Å². The predicted octanol–water partition coefficient (Wildman–Crippen LogP) is 4.45. The van der Waals surface area contributed by atoms with Gasteiger partial charge in [-0.1, -0.05) is 11.6 Å². The van der Waals surface area contributed by atoms with E-state index in [-0.39, 0.29) is 0 Å². The average molecular weight is 327 g/mol. The third-order valence-electron chi connectivity index (χ3n) is 2.67. The molecular formula is C14H15BrO2S. The molecule has 0 aliphatic carbocycles. The number of aliphatic hydroxyl groups excluding tert-OH is 1. The Kier molecular flexibility index (Phi) is 4.43. The van der Waals surface area contributed by atoms with Crippen molar-refractivity contribution in [3.05, 3.63) is 50.1 Å². The number of ether oxygens (including phenoxy) is 1. The summed E-state index contributed by atoms with van der Waals surface area (Å²) in [5, 5.41) is 11.8. The Morgan fingerprint density at radius 1 is 1.39 bits per heavy atom. The molecule has 18 heavy (non-hydrogen) atoms. The molecule has 0 saturated carbocycles. The molecule has 2 rings (SSSR count). The zero-order chi connectivity index (χ0) is 13.1. The van der Waals surface area contributed by atoms with E-state index in [9.17, 15) is 5.11 Å². The molecule has 1 aromatic heterocycles. The molecule has 1 N–H and O–H groups in total. The summed E-state index contributed by atoms with van der Waals surface area (Å²) < 4.78 is 6.87. The smallest absolute Gasteiger partial charge is 0.125 e. The molecule has 0 bridgehead atoms. The van der Waals surface area contributed by atoms with Gasteiger partial charge >= 0.3 is 0 Å². The van der Waals surface area contributed by atoms with Crippen LogP contribution in [0, 0.1) is 6.92 Å². The predicted molar refractivity (Wildman–Crippen MR) is 78.2 cm³/mol. The molecule has 0 saturated heterocycles. The Hall–Kier alpha value is -0.840. The number of halogens is 1. The molecule has 0 unspecified atom stereocenters. The van der Waals surface area contributed by atoms with E-state index in [2.05, 4.69) is 15.9 Å². The van der Waals surface area contributed by atoms with Gasteiger partial charge in [-0.15, -0.1) is 11.3 Å². The van der Waals surface area contributed by atoms with E-state index in [1.807, 2.05) is 36.6 Å². The minimum absolute atomic E-state index is 0.515. The number of thiophene rings is 1. The zero-order valence-corrected chi connectivity index (χ0v) is 12.7. The van der Waals surface area contributed by atoms with Crippen molar-refractivity contribution in [3.63, 3.8) is 0 Å². The first-order valence-electron chi connectivity index (χ1n) is 5.71. The molecule has 0 spiro atoms. The fourth-order valence-electron chi connectivity index (χ4n) is 1.70. The summed E-state index contributed by atoms with van der Waals surface area (Å²) >= 11 is 5.13. The topological polar surface area (TPSA) is 29.5 Å². The Bertz CT molecular complexity index is 534. The van der Waals surface area contributed by atoms with E-state index >= 15 is 0 Å². The molecule has 0 fully saturated rings. The average Bonchev–Trinajstić information content (AvgIpc) is 2.73. The summed E-state index contributed by atoms with van der Waals surface area (Å²) in [6, 6.07) is 7.88. The van der Waals surface area contributed by atoms with Gasteiger partial charge in [0.25, 0.3) is 0 Å². The molecule has 1 aromatic carbocycles. The van der Waals surface area contributed by atoms with Gasteiger partial charge in [0.2, 0.25) is 0 Å². The SMILES string of the molecule is Cc1ccc(OCc2sccc2Br)c([C@@H](C)O)c1. The van der Waals surface area contributed by atoms with Crippen LogP contribution in [0.2, 0.25) is 0 Å². The highest BCUT2D eigenvalue weighted by Crippen LogP contribution is 2.29. The second-order valence-electron chi connectivity index (χ2n) is 4.20. The normalized spacial score (nSPS) is 12.4. The van der Waals surface area contributed by atoms with E-state index < -0.39 is 6.10 Å². The Morgan fingerprint density at radius 2 is 2.17 bits per heavy atom. The fraction of sp³-hybridized carbons (Fsp3) is 0.286. The van der Waals surface area contributed by atoms with Crippen LogP contribution in [0.3, 0.4) is 0 Å². The van der Waals surface area contributed by atoms with Crippen LogP contribution >= 0.6 is 27.3 Å². The summed E-state index contributed by atoms with van der Waals surface area (Å²) in [5.74, 6) is 0.746. The minimum atomic E-state index is -0.522. The number of benzene rings is 1. The number of rotatable bonds is 4. The molecule has 2 aromatic rings. The van der Waals surface area contributed by atoms with Crippen molar-refractivity contribution < 1.29 is 9.84 Å². The Morgan fingerprint density at radius 3 is 2.78 bits per heavy atom. The van der Waals surface area contributed by atoms with Crippen LogP contribution in [0.25, 0.3) is 0 Å². The summed E-state index contributed by atoms with van der Waals surface area (Å²) in [7, 11) is 0. The van der Waals surface area contributed by atoms with Crippen molar-refractivity contribution in [2.75, 3.05) is 0 Å². The van der Waals surface area contributed by atoms with Crippen molar-refractivity contribution in [3.8, 4) is 5.75 Å². The summed E-state index contributed by atoms with van der Waals surface area (Å²) in [6.45, 7) is 4.27. The van der Waals surface area contributed by atoms with Gasteiger partial charge in [-0.25, -0.2) is 0 Å². The summed E-state index contributed by atoms with van der Waals surface area (Å²) in [6.07, 6.45) is -0.522. The first-order chi connectivity index (χ1) is 8.58. The zero-order valence-electron chi connectivity index (χ0n) is 10.3. The highest BCUT2D eigenvalue weighted by molar-refractivity contribution is 9.10. The van der Waals surface area contributed by atoms with Crippen LogP contribution in [-0.2, 0) is 6.61 Å². The van der Waals surface area contributed by atoms with Gasteiger partial charge in [-0.2, -0.15) is 0 Å². The second kappa shape index (κ2) is 5.87. The van der Waals surface area contributed by atoms with Gasteiger partial charge in [0.1, 0.15) is 12.4 Å². The van der Waals surface area contributed by atoms with Crippen LogP contribution in [0.5, 0.6) is 5.75 Å². The number of aliphatic hydroxyl groups is 1. The maximum atomic E-state index is 9.75. The first-order valence-corrected chi connectivity index (χ1v) is 7.38. The molecule has 0 amide bonds. The lowest BCUT2D eigenvalue weighted by Gasteiger charge is -2.14. The van der Waals surface area contributed by atoms with Crippen molar-refractivity contribution in [2.45, 2.75) is 26.6 Å². The lowest BCUT2D eigenvalue weighted by Crippen LogP contribution is -2.00. The molecule has 4 heteroatoms. The summed E-state index contributed by atoms with van der Waals surface area (Å²) in [5.41, 5.74) is 1.96. The molecule has 1 heterocycles. The van der Waals surface area contributed by atoms with Crippen LogP contribution in [0.4, 0.5) is 0 Å². The lowest BCUT2D eigenvalue weighted by atomic mass is 10.1. The van der Waals surface area contributed by atoms with Crippen LogP contribution in [-0.4, -0.2) is 5.11 Å². The third-order valence-corrected chi connectivity index (χ3v) is 4.57. The molecule has 96 valence electrons. The van der Waals surface area contributed by atoms with Crippen molar-refractivity contribution in [1.29, 1.82) is 0 Å². The number of hydrogen-bond acceptors (Lipinski definition) is 3. The minimum Gasteiger partial charge on any atom is -0.488 e. The summed E-state index contributed by atoms with van der Waals surface area (Å²) in [4.78, 5) is 1.15. The molecule has 0 aliphatic heterocycles. The van der Waals surface area contributed by atoms with Crippen LogP contribution in [0.15, 0.2) is 34.1 Å². The molecule has 1 atom stereocenters. The lowest BCUT2D eigenvalue weighted by molar-refractivity contribution is 0.190. The Labute approximate surface area is 119 Å². The van der Waals surface area contributed by atoms with Gasteiger partial charge in [-0.3, -0.25) is 0 Å². The van der Waals surface area contributed by atoms with E-state index in [0.29, 0.717) is 6.61 Å². The molecule has 0 aliphatic rings. The van der Waals surface area contributed by atoms with Crippen LogP contribution in [0.1, 0.15) is 29.0 Å². The van der Waals surface area contributed by atoms with Gasteiger partial charge in [-0.05, 0) is 53.4 Å². The van der Waals surface area contributed by atoms with Crippen molar-refractivity contribution >= 4 is 27.3 Å². The fourth-order valence-corrected chi connectivity index (χ4v) is 3.08. The Balaban J connectivity index is 2.16. The van der Waals surface area contributed by atoms with Gasteiger partial charge in [0.15, 0.2) is 0 Å². The number of hydrogen-bond donors (Lipinski definition) is 1. The van der Waals surface area contributed by atoms with Crippen molar-refractivity contribution in [1.82, 2.24) is 0 Å². The number of aryl methyl sites for hydroxylation is 1. The quantitative estimate of drug-likeness (QED) is 0.899. The second-order valence-corrected chi connectivity index (χ2v) is 6.05. The highest BCUT2D eigenvalue weighted by atomic mass is 79.9. The largest absolute Gasteiger partial charge is 0.488 e. The standard InChI is InChI=1S/C14H15BrO2S/c1-9-3-4-13(11(7-9)10(2)16)17-8-14-12(15)5-6-18-14/h3-7,10,16H,8H2,1-2H3/t10-/m1/s1. The molecule has 0 radical (unpaired) electrons. The van der Waals surface area contributed by atoms with E-state index in [0.717, 1.165) is 26.2 Å². The molecule has 2 nitrogen and oxygen atoms in total. The van der Waals surface area contributed by atoms with Gasteiger partial charge in [0, 0.05) is 10.0 Å². The molecular weight excluding hydrogens is 312 g/mol.